The first-order valence-electron chi connectivity index (χ1n) is 6.78. The molecular formula is C14H21N3O2S. The van der Waals surface area contributed by atoms with Gasteiger partial charge >= 0.3 is 5.69 Å². The van der Waals surface area contributed by atoms with Gasteiger partial charge < -0.3 is 10.3 Å². The fourth-order valence-electron chi connectivity index (χ4n) is 2.79. The Kier molecular flexibility index (Phi) is 4.22. The molecule has 1 amide bonds. The molecule has 0 aromatic carbocycles. The minimum atomic E-state index is -0.412. The van der Waals surface area contributed by atoms with Crippen molar-refractivity contribution in [1.29, 1.82) is 0 Å². The van der Waals surface area contributed by atoms with Gasteiger partial charge in [-0.1, -0.05) is 13.8 Å². The number of aromatic nitrogens is 2. The third kappa shape index (κ3) is 3.23. The van der Waals surface area contributed by atoms with Crippen molar-refractivity contribution in [1.82, 2.24) is 15.3 Å². The number of carbonyl (C=O) groups excluding carboxylic acids is 1. The first kappa shape index (κ1) is 15.1. The first-order chi connectivity index (χ1) is 9.32. The molecule has 6 heteroatoms. The van der Waals surface area contributed by atoms with Gasteiger partial charge in [-0.05, 0) is 37.9 Å². The van der Waals surface area contributed by atoms with E-state index >= 15 is 0 Å². The Morgan fingerprint density at radius 1 is 1.50 bits per heavy atom. The zero-order valence-electron chi connectivity index (χ0n) is 12.4. The molecule has 1 heterocycles. The Labute approximate surface area is 123 Å². The monoisotopic (exact) mass is 295 g/mol. The number of rotatable bonds is 3. The normalized spacial score (nSPS) is 20.9. The zero-order valence-corrected chi connectivity index (χ0v) is 13.2. The van der Waals surface area contributed by atoms with Crippen molar-refractivity contribution in [2.24, 2.45) is 5.41 Å². The summed E-state index contributed by atoms with van der Waals surface area (Å²) in [5.74, 6) is -0.140. The third-order valence-corrected chi connectivity index (χ3v) is 4.49. The lowest BCUT2D eigenvalue weighted by molar-refractivity contribution is 0.0931. The molecule has 1 aliphatic carbocycles. The van der Waals surface area contributed by atoms with Crippen LogP contribution in [0.2, 0.25) is 0 Å². The molecule has 1 atom stereocenters. The fourth-order valence-corrected chi connectivity index (χ4v) is 3.42. The van der Waals surface area contributed by atoms with Crippen molar-refractivity contribution in [3.05, 3.63) is 21.7 Å². The average molecular weight is 295 g/mol. The second kappa shape index (κ2) is 5.60. The molecule has 5 nitrogen and oxygen atoms in total. The van der Waals surface area contributed by atoms with Crippen molar-refractivity contribution in [2.45, 2.75) is 51.1 Å². The highest BCUT2D eigenvalue weighted by Gasteiger charge is 2.32. The highest BCUT2D eigenvalue weighted by atomic mass is 32.2. The zero-order chi connectivity index (χ0) is 14.9. The van der Waals surface area contributed by atoms with Gasteiger partial charge in [0.25, 0.3) is 5.91 Å². The van der Waals surface area contributed by atoms with Gasteiger partial charge in [-0.25, -0.2) is 4.79 Å². The van der Waals surface area contributed by atoms with E-state index in [1.165, 1.54) is 11.8 Å². The van der Waals surface area contributed by atoms with E-state index in [1.54, 1.807) is 6.92 Å². The lowest BCUT2D eigenvalue weighted by Crippen LogP contribution is -2.35. The number of hydrogen-bond acceptors (Lipinski definition) is 4. The fraction of sp³-hybridized carbons (Fsp3) is 0.643. The van der Waals surface area contributed by atoms with E-state index in [1.807, 2.05) is 6.26 Å². The molecule has 0 radical (unpaired) electrons. The smallest absolute Gasteiger partial charge is 0.346 e. The maximum atomic E-state index is 12.4. The van der Waals surface area contributed by atoms with Gasteiger partial charge in [-0.2, -0.15) is 4.98 Å². The first-order valence-corrected chi connectivity index (χ1v) is 8.00. The van der Waals surface area contributed by atoms with Gasteiger partial charge in [0.05, 0.1) is 5.56 Å². The van der Waals surface area contributed by atoms with Crippen molar-refractivity contribution < 1.29 is 4.79 Å². The molecule has 1 aromatic heterocycles. The highest BCUT2D eigenvalue weighted by molar-refractivity contribution is 7.98. The van der Waals surface area contributed by atoms with Crippen LogP contribution in [0.4, 0.5) is 0 Å². The molecule has 20 heavy (non-hydrogen) atoms. The average Bonchev–Trinajstić information content (AvgIpc) is 2.67. The van der Waals surface area contributed by atoms with E-state index in [2.05, 4.69) is 29.1 Å². The summed E-state index contributed by atoms with van der Waals surface area (Å²) < 4.78 is 0. The number of hydrogen-bond donors (Lipinski definition) is 2. The van der Waals surface area contributed by atoms with E-state index < -0.39 is 5.69 Å². The molecule has 1 aromatic rings. The molecule has 1 saturated carbocycles. The molecule has 110 valence electrons. The SMILES string of the molecule is CSc1nc(=O)[nH]c(C)c1C(=O)NC1CCC(C)(C)C1. The Bertz CT molecular complexity index is 580. The van der Waals surface area contributed by atoms with Crippen LogP contribution in [0.25, 0.3) is 0 Å². The number of nitrogens with one attached hydrogen (secondary N) is 2. The number of carbonyl (C=O) groups is 1. The number of aryl methyl sites for hydroxylation is 1. The molecule has 1 unspecified atom stereocenters. The molecule has 1 aliphatic rings. The van der Waals surface area contributed by atoms with Gasteiger partial charge in [0.15, 0.2) is 0 Å². The lowest BCUT2D eigenvalue weighted by atomic mass is 9.92. The van der Waals surface area contributed by atoms with E-state index in [-0.39, 0.29) is 11.9 Å². The second-order valence-corrected chi connectivity index (χ2v) is 6.92. The number of H-pyrrole nitrogens is 1. The number of nitrogens with zero attached hydrogens (tertiary/aromatic N) is 1. The standard InChI is InChI=1S/C14H21N3O2S/c1-8-10(12(20-4)17-13(19)15-8)11(18)16-9-5-6-14(2,3)7-9/h9H,5-7H2,1-4H3,(H,16,18)(H,15,17,19). The second-order valence-electron chi connectivity index (χ2n) is 6.13. The van der Waals surface area contributed by atoms with Crippen LogP contribution in [0.3, 0.4) is 0 Å². The van der Waals surface area contributed by atoms with Crippen LogP contribution in [0.5, 0.6) is 0 Å². The number of amides is 1. The Morgan fingerprint density at radius 2 is 2.20 bits per heavy atom. The van der Waals surface area contributed by atoms with Gasteiger partial charge in [0, 0.05) is 11.7 Å². The summed E-state index contributed by atoms with van der Waals surface area (Å²) in [7, 11) is 0. The van der Waals surface area contributed by atoms with E-state index in [4.69, 9.17) is 0 Å². The van der Waals surface area contributed by atoms with Crippen LogP contribution in [-0.2, 0) is 0 Å². The van der Waals surface area contributed by atoms with Crippen molar-refractivity contribution in [3.63, 3.8) is 0 Å². The van der Waals surface area contributed by atoms with Crippen LogP contribution in [0.15, 0.2) is 9.82 Å². The maximum absolute atomic E-state index is 12.4. The summed E-state index contributed by atoms with van der Waals surface area (Å²) in [5, 5.41) is 3.56. The molecule has 0 bridgehead atoms. The van der Waals surface area contributed by atoms with Crippen LogP contribution in [0.1, 0.15) is 49.2 Å². The van der Waals surface area contributed by atoms with E-state index in [0.29, 0.717) is 21.7 Å². The summed E-state index contributed by atoms with van der Waals surface area (Å²) in [6.07, 6.45) is 4.93. The quantitative estimate of drug-likeness (QED) is 0.661. The van der Waals surface area contributed by atoms with Gasteiger partial charge in [0.1, 0.15) is 5.03 Å². The minimum Gasteiger partial charge on any atom is -0.349 e. The summed E-state index contributed by atoms with van der Waals surface area (Å²) in [4.78, 5) is 30.3. The summed E-state index contributed by atoms with van der Waals surface area (Å²) >= 11 is 1.32. The topological polar surface area (TPSA) is 74.8 Å². The van der Waals surface area contributed by atoms with Gasteiger partial charge in [0.2, 0.25) is 0 Å². The van der Waals surface area contributed by atoms with Gasteiger partial charge in [-0.15, -0.1) is 11.8 Å². The summed E-state index contributed by atoms with van der Waals surface area (Å²) in [5.41, 5.74) is 0.940. The highest BCUT2D eigenvalue weighted by Crippen LogP contribution is 2.37. The molecular weight excluding hydrogens is 274 g/mol. The largest absolute Gasteiger partial charge is 0.349 e. The van der Waals surface area contributed by atoms with Crippen molar-refractivity contribution in [3.8, 4) is 0 Å². The van der Waals surface area contributed by atoms with Gasteiger partial charge in [-0.3, -0.25) is 4.79 Å². The molecule has 2 rings (SSSR count). The molecule has 1 fully saturated rings. The Hall–Kier alpha value is -1.30. The third-order valence-electron chi connectivity index (χ3n) is 3.81. The van der Waals surface area contributed by atoms with E-state index in [9.17, 15) is 9.59 Å². The Morgan fingerprint density at radius 3 is 2.75 bits per heavy atom. The number of thioether (sulfide) groups is 1. The van der Waals surface area contributed by atoms with Crippen molar-refractivity contribution in [2.75, 3.05) is 6.26 Å². The Balaban J connectivity index is 2.20. The van der Waals surface area contributed by atoms with E-state index in [0.717, 1.165) is 19.3 Å². The summed E-state index contributed by atoms with van der Waals surface area (Å²) in [6.45, 7) is 6.18. The van der Waals surface area contributed by atoms with Crippen molar-refractivity contribution >= 4 is 17.7 Å². The van der Waals surface area contributed by atoms with Crippen LogP contribution in [0, 0.1) is 12.3 Å². The van der Waals surface area contributed by atoms with Crippen LogP contribution >= 0.6 is 11.8 Å². The predicted molar refractivity (Wildman–Crippen MR) is 80.3 cm³/mol. The number of aromatic amines is 1. The maximum Gasteiger partial charge on any atom is 0.346 e. The predicted octanol–water partition coefficient (Wildman–Crippen LogP) is 2.11. The van der Waals surface area contributed by atoms with Crippen LogP contribution < -0.4 is 11.0 Å². The minimum absolute atomic E-state index is 0.140. The molecule has 0 aliphatic heterocycles. The molecule has 0 saturated heterocycles. The molecule has 0 spiro atoms. The molecule has 2 N–H and O–H groups in total. The summed E-state index contributed by atoms with van der Waals surface area (Å²) in [6, 6.07) is 0.207. The lowest BCUT2D eigenvalue weighted by Gasteiger charge is -2.18. The van der Waals surface area contributed by atoms with Crippen LogP contribution in [-0.4, -0.2) is 28.2 Å².